The minimum Gasteiger partial charge on any atom is -0.497 e. The van der Waals surface area contributed by atoms with Crippen molar-refractivity contribution in [3.63, 3.8) is 0 Å². The molecule has 0 spiro atoms. The summed E-state index contributed by atoms with van der Waals surface area (Å²) in [5.41, 5.74) is 8.44. The van der Waals surface area contributed by atoms with Crippen LogP contribution in [0.3, 0.4) is 0 Å². The normalized spacial score (nSPS) is 10.2. The number of anilines is 2. The number of nitrogens with two attached hydrogens (primary N) is 1. The summed E-state index contributed by atoms with van der Waals surface area (Å²) in [5.74, 6) is 0.947. The number of nitrogens with one attached hydrogen (secondary N) is 1. The van der Waals surface area contributed by atoms with Gasteiger partial charge in [-0.1, -0.05) is 12.1 Å². The average molecular weight is 302 g/mol. The molecule has 2 rings (SSSR count). The molecule has 0 saturated carbocycles. The molecule has 0 aliphatic rings. The molecular weight excluding hydrogens is 284 g/mol. The molecule has 0 atom stereocenters. The van der Waals surface area contributed by atoms with Gasteiger partial charge in [0.25, 0.3) is 0 Å². The Morgan fingerprint density at radius 3 is 2.86 bits per heavy atom. The quantitative estimate of drug-likeness (QED) is 0.657. The lowest BCUT2D eigenvalue weighted by Crippen LogP contribution is -2.14. The van der Waals surface area contributed by atoms with E-state index in [1.807, 2.05) is 43.3 Å². The van der Waals surface area contributed by atoms with Gasteiger partial charge >= 0.3 is 0 Å². The maximum absolute atomic E-state index is 12.0. The van der Waals surface area contributed by atoms with E-state index in [4.69, 9.17) is 10.5 Å². The molecule has 5 heteroatoms. The Morgan fingerprint density at radius 2 is 2.10 bits per heavy atom. The fourth-order valence-electron chi connectivity index (χ4n) is 1.81. The fourth-order valence-corrected chi connectivity index (χ4v) is 2.67. The number of hydrogen-bond donors (Lipinski definition) is 2. The number of carbonyl (C=O) groups excluding carboxylic acids is 1. The first-order chi connectivity index (χ1) is 10.1. The molecule has 110 valence electrons. The van der Waals surface area contributed by atoms with Gasteiger partial charge in [-0.05, 0) is 36.8 Å². The van der Waals surface area contributed by atoms with Crippen LogP contribution in [0.4, 0.5) is 11.4 Å². The second-order valence-corrected chi connectivity index (χ2v) is 5.63. The summed E-state index contributed by atoms with van der Waals surface area (Å²) in [5, 5.41) is 2.84. The molecule has 2 aromatic rings. The van der Waals surface area contributed by atoms with Gasteiger partial charge < -0.3 is 15.8 Å². The molecule has 1 amide bonds. The van der Waals surface area contributed by atoms with E-state index in [1.165, 1.54) is 11.8 Å². The van der Waals surface area contributed by atoms with Crippen LogP contribution in [0.25, 0.3) is 0 Å². The SMILES string of the molecule is COc1cccc(NC(=O)CSc2cc(C)ccc2N)c1. The highest BCUT2D eigenvalue weighted by atomic mass is 32.2. The number of hydrogen-bond acceptors (Lipinski definition) is 4. The van der Waals surface area contributed by atoms with Gasteiger partial charge in [0.05, 0.1) is 12.9 Å². The summed E-state index contributed by atoms with van der Waals surface area (Å²) in [6.45, 7) is 2.00. The van der Waals surface area contributed by atoms with Crippen molar-refractivity contribution in [1.29, 1.82) is 0 Å². The van der Waals surface area contributed by atoms with Crippen LogP contribution in [0, 0.1) is 6.92 Å². The summed E-state index contributed by atoms with van der Waals surface area (Å²) < 4.78 is 5.12. The Hall–Kier alpha value is -2.14. The van der Waals surface area contributed by atoms with Gasteiger partial charge in [0.2, 0.25) is 5.91 Å². The predicted molar refractivity (Wildman–Crippen MR) is 87.9 cm³/mol. The summed E-state index contributed by atoms with van der Waals surface area (Å²) in [7, 11) is 1.59. The average Bonchev–Trinajstić information content (AvgIpc) is 2.48. The van der Waals surface area contributed by atoms with Crippen molar-refractivity contribution >= 4 is 29.0 Å². The number of carbonyl (C=O) groups is 1. The number of ether oxygens (including phenoxy) is 1. The summed E-state index contributed by atoms with van der Waals surface area (Å²) in [6, 6.07) is 13.1. The van der Waals surface area contributed by atoms with Gasteiger partial charge in [-0.3, -0.25) is 4.79 Å². The van der Waals surface area contributed by atoms with Crippen molar-refractivity contribution in [3.8, 4) is 5.75 Å². The lowest BCUT2D eigenvalue weighted by atomic mass is 10.2. The highest BCUT2D eigenvalue weighted by molar-refractivity contribution is 8.00. The smallest absolute Gasteiger partial charge is 0.234 e. The molecule has 0 bridgehead atoms. The number of nitrogen functional groups attached to an aromatic ring is 1. The Balaban J connectivity index is 1.94. The molecule has 2 aromatic carbocycles. The third kappa shape index (κ3) is 4.43. The molecule has 4 nitrogen and oxygen atoms in total. The van der Waals surface area contributed by atoms with Gasteiger partial charge in [0.1, 0.15) is 5.75 Å². The zero-order valence-corrected chi connectivity index (χ0v) is 12.9. The van der Waals surface area contributed by atoms with Crippen LogP contribution in [0.1, 0.15) is 5.56 Å². The number of amides is 1. The molecule has 0 aliphatic carbocycles. The first-order valence-corrected chi connectivity index (χ1v) is 7.50. The number of aryl methyl sites for hydroxylation is 1. The molecule has 0 fully saturated rings. The molecule has 0 heterocycles. The van der Waals surface area contributed by atoms with Crippen LogP contribution in [-0.4, -0.2) is 18.8 Å². The molecule has 21 heavy (non-hydrogen) atoms. The van der Waals surface area contributed by atoms with Gasteiger partial charge in [-0.25, -0.2) is 0 Å². The first kappa shape index (κ1) is 15.3. The van der Waals surface area contributed by atoms with Crippen molar-refractivity contribution < 1.29 is 9.53 Å². The van der Waals surface area contributed by atoms with Crippen LogP contribution in [0.5, 0.6) is 5.75 Å². The van der Waals surface area contributed by atoms with E-state index >= 15 is 0 Å². The third-order valence-electron chi connectivity index (χ3n) is 2.88. The van der Waals surface area contributed by atoms with Crippen LogP contribution in [0.15, 0.2) is 47.4 Å². The van der Waals surface area contributed by atoms with Crippen molar-refractivity contribution in [3.05, 3.63) is 48.0 Å². The summed E-state index contributed by atoms with van der Waals surface area (Å²) >= 11 is 1.43. The predicted octanol–water partition coefficient (Wildman–Crippen LogP) is 3.32. The number of thioether (sulfide) groups is 1. The Bertz CT molecular complexity index is 644. The minimum atomic E-state index is -0.0749. The molecular formula is C16H18N2O2S. The maximum Gasteiger partial charge on any atom is 0.234 e. The Morgan fingerprint density at radius 1 is 1.29 bits per heavy atom. The number of benzene rings is 2. The van der Waals surface area contributed by atoms with E-state index in [2.05, 4.69) is 5.32 Å². The zero-order chi connectivity index (χ0) is 15.2. The highest BCUT2D eigenvalue weighted by Gasteiger charge is 2.07. The molecule has 0 unspecified atom stereocenters. The zero-order valence-electron chi connectivity index (χ0n) is 12.1. The van der Waals surface area contributed by atoms with Crippen LogP contribution in [-0.2, 0) is 4.79 Å². The van der Waals surface area contributed by atoms with Crippen LogP contribution < -0.4 is 15.8 Å². The van der Waals surface area contributed by atoms with Gasteiger partial charge in [0.15, 0.2) is 0 Å². The third-order valence-corrected chi connectivity index (χ3v) is 3.95. The molecule has 0 aliphatic heterocycles. The Labute approximate surface area is 128 Å². The van der Waals surface area contributed by atoms with Crippen molar-refractivity contribution in [2.24, 2.45) is 0 Å². The molecule has 0 aromatic heterocycles. The number of methoxy groups -OCH3 is 1. The van der Waals surface area contributed by atoms with E-state index in [0.29, 0.717) is 17.2 Å². The van der Waals surface area contributed by atoms with Crippen molar-refractivity contribution in [2.75, 3.05) is 23.9 Å². The van der Waals surface area contributed by atoms with E-state index in [-0.39, 0.29) is 5.91 Å². The molecule has 3 N–H and O–H groups in total. The van der Waals surface area contributed by atoms with E-state index in [0.717, 1.165) is 16.1 Å². The molecule has 0 radical (unpaired) electrons. The van der Waals surface area contributed by atoms with E-state index in [1.54, 1.807) is 13.2 Å². The monoisotopic (exact) mass is 302 g/mol. The first-order valence-electron chi connectivity index (χ1n) is 6.51. The van der Waals surface area contributed by atoms with Gasteiger partial charge in [0, 0.05) is 22.3 Å². The van der Waals surface area contributed by atoms with Crippen molar-refractivity contribution in [2.45, 2.75) is 11.8 Å². The Kier molecular flexibility index (Phi) is 5.11. The highest BCUT2D eigenvalue weighted by Crippen LogP contribution is 2.26. The van der Waals surface area contributed by atoms with Gasteiger partial charge in [-0.2, -0.15) is 0 Å². The fraction of sp³-hybridized carbons (Fsp3) is 0.188. The number of rotatable bonds is 5. The van der Waals surface area contributed by atoms with Crippen LogP contribution >= 0.6 is 11.8 Å². The minimum absolute atomic E-state index is 0.0749. The van der Waals surface area contributed by atoms with Crippen molar-refractivity contribution in [1.82, 2.24) is 0 Å². The largest absolute Gasteiger partial charge is 0.497 e. The summed E-state index contributed by atoms with van der Waals surface area (Å²) in [6.07, 6.45) is 0. The summed E-state index contributed by atoms with van der Waals surface area (Å²) in [4.78, 5) is 12.9. The second-order valence-electron chi connectivity index (χ2n) is 4.61. The topological polar surface area (TPSA) is 64.3 Å². The standard InChI is InChI=1S/C16H18N2O2S/c1-11-6-7-14(17)15(8-11)21-10-16(19)18-12-4-3-5-13(9-12)20-2/h3-9H,10,17H2,1-2H3,(H,18,19). The van der Waals surface area contributed by atoms with Gasteiger partial charge in [-0.15, -0.1) is 11.8 Å². The molecule has 0 saturated heterocycles. The van der Waals surface area contributed by atoms with Crippen LogP contribution in [0.2, 0.25) is 0 Å². The van der Waals surface area contributed by atoms with E-state index < -0.39 is 0 Å². The van der Waals surface area contributed by atoms with E-state index in [9.17, 15) is 4.79 Å². The maximum atomic E-state index is 12.0. The lowest BCUT2D eigenvalue weighted by Gasteiger charge is -2.08. The second kappa shape index (κ2) is 7.04. The lowest BCUT2D eigenvalue weighted by molar-refractivity contribution is -0.113.